The van der Waals surface area contributed by atoms with Crippen LogP contribution in [0.2, 0.25) is 0 Å². The number of hydrogen-bond acceptors (Lipinski definition) is 6. The number of aryl methyl sites for hydroxylation is 1. The number of aliphatic imine (C=N–C) groups is 1. The zero-order valence-electron chi connectivity index (χ0n) is 12.7. The molecule has 1 aromatic heterocycles. The summed E-state index contributed by atoms with van der Waals surface area (Å²) in [6.07, 6.45) is 0.294. The Morgan fingerprint density at radius 1 is 1.54 bits per heavy atom. The molecule has 0 aliphatic heterocycles. The van der Waals surface area contributed by atoms with Crippen LogP contribution in [0.25, 0.3) is 0 Å². The predicted molar refractivity (Wildman–Crippen MR) is 79.0 cm³/mol. The molecule has 9 heteroatoms. The quantitative estimate of drug-likeness (QED) is 0.431. The van der Waals surface area contributed by atoms with Crippen molar-refractivity contribution in [1.82, 2.24) is 4.98 Å². The van der Waals surface area contributed by atoms with E-state index in [0.29, 0.717) is 11.3 Å². The van der Waals surface area contributed by atoms with Crippen LogP contribution >= 0.6 is 0 Å². The van der Waals surface area contributed by atoms with Gasteiger partial charge in [-0.3, -0.25) is 20.0 Å². The summed E-state index contributed by atoms with van der Waals surface area (Å²) in [6, 6.07) is -0.980. The van der Waals surface area contributed by atoms with Gasteiger partial charge in [0.2, 0.25) is 0 Å². The molecule has 1 saturated carbocycles. The number of aromatic nitrogens is 1. The van der Waals surface area contributed by atoms with Gasteiger partial charge in [-0.25, -0.2) is 4.89 Å². The largest absolute Gasteiger partial charge is 0.505 e. The predicted octanol–water partition coefficient (Wildman–Crippen LogP) is 2.52. The van der Waals surface area contributed by atoms with E-state index in [1.807, 2.05) is 0 Å². The lowest BCUT2D eigenvalue weighted by atomic mass is 10.1. The third-order valence-corrected chi connectivity index (χ3v) is 3.93. The Hall–Kier alpha value is -2.39. The van der Waals surface area contributed by atoms with Gasteiger partial charge in [-0.05, 0) is 19.8 Å². The van der Waals surface area contributed by atoms with Crippen molar-refractivity contribution < 1.29 is 33.9 Å². The molecule has 24 heavy (non-hydrogen) atoms. The van der Waals surface area contributed by atoms with Crippen LogP contribution in [-0.4, -0.2) is 38.7 Å². The molecule has 1 aromatic rings. The second kappa shape index (κ2) is 7.45. The molecule has 1 aliphatic carbocycles. The molecule has 1 fully saturated rings. The van der Waals surface area contributed by atoms with E-state index in [-0.39, 0.29) is 36.3 Å². The minimum atomic E-state index is -1.94. The summed E-state index contributed by atoms with van der Waals surface area (Å²) in [7, 11) is 0. The molecule has 0 aromatic carbocycles. The van der Waals surface area contributed by atoms with E-state index in [4.69, 9.17) is 10.4 Å². The summed E-state index contributed by atoms with van der Waals surface area (Å²) >= 11 is 0. The molecule has 3 N–H and O–H groups in total. The minimum Gasteiger partial charge on any atom is -0.505 e. The average Bonchev–Trinajstić information content (AvgIpc) is 2.95. The zero-order chi connectivity index (χ0) is 17.9. The van der Waals surface area contributed by atoms with Crippen molar-refractivity contribution in [1.29, 1.82) is 0 Å². The number of carbonyl (C=O) groups is 1. The van der Waals surface area contributed by atoms with Gasteiger partial charge in [-0.15, -0.1) is 0 Å². The van der Waals surface area contributed by atoms with Crippen LogP contribution in [0.5, 0.6) is 5.75 Å². The standard InChI is InChI=1S/C15H16F2N2O5/c1-7-13(20)11(9(4-18-7)6-24-23)5-19-12-3-8(15(21)22)2-10(12)14(16)17/h4-5,8,12,20,23H,2-3,6H2,1H3,(H,21,22)/b19-5+/t8-,12-/m0/s1. The topological polar surface area (TPSA) is 112 Å². The number of aromatic hydroxyl groups is 1. The second-order valence-corrected chi connectivity index (χ2v) is 5.46. The molecular formula is C15H16F2N2O5. The maximum atomic E-state index is 13.0. The summed E-state index contributed by atoms with van der Waals surface area (Å²) in [5.74, 6) is -2.28. The molecule has 7 nitrogen and oxygen atoms in total. The van der Waals surface area contributed by atoms with Crippen molar-refractivity contribution in [2.24, 2.45) is 10.9 Å². The Morgan fingerprint density at radius 3 is 2.83 bits per heavy atom. The molecule has 0 saturated heterocycles. The van der Waals surface area contributed by atoms with Crippen LogP contribution in [0.15, 0.2) is 22.8 Å². The van der Waals surface area contributed by atoms with Crippen LogP contribution < -0.4 is 0 Å². The van der Waals surface area contributed by atoms with Crippen LogP contribution in [0.3, 0.4) is 0 Å². The van der Waals surface area contributed by atoms with Crippen LogP contribution in [0, 0.1) is 12.8 Å². The summed E-state index contributed by atoms with van der Waals surface area (Å²) in [5.41, 5.74) is 0.460. The van der Waals surface area contributed by atoms with Crippen molar-refractivity contribution in [3.05, 3.63) is 34.7 Å². The lowest BCUT2D eigenvalue weighted by molar-refractivity contribution is -0.253. The fourth-order valence-electron chi connectivity index (χ4n) is 2.58. The van der Waals surface area contributed by atoms with Crippen LogP contribution in [0.1, 0.15) is 29.7 Å². The maximum absolute atomic E-state index is 13.0. The molecule has 2 rings (SSSR count). The Balaban J connectivity index is 2.35. The number of hydrogen-bond donors (Lipinski definition) is 3. The Labute approximate surface area is 135 Å². The molecule has 0 radical (unpaired) electrons. The fraction of sp³-hybridized carbons (Fsp3) is 0.400. The number of pyridine rings is 1. The normalized spacial score (nSPS) is 20.8. The van der Waals surface area contributed by atoms with Gasteiger partial charge >= 0.3 is 5.97 Å². The van der Waals surface area contributed by atoms with Crippen LogP contribution in [-0.2, 0) is 16.3 Å². The lowest BCUT2D eigenvalue weighted by Gasteiger charge is -2.10. The number of carboxylic acids is 1. The zero-order valence-corrected chi connectivity index (χ0v) is 12.7. The molecule has 0 bridgehead atoms. The van der Waals surface area contributed by atoms with Gasteiger partial charge in [0.25, 0.3) is 6.08 Å². The molecule has 1 heterocycles. The van der Waals surface area contributed by atoms with E-state index >= 15 is 0 Å². The van der Waals surface area contributed by atoms with E-state index in [0.717, 1.165) is 0 Å². The lowest BCUT2D eigenvalue weighted by Crippen LogP contribution is -2.10. The van der Waals surface area contributed by atoms with E-state index < -0.39 is 24.0 Å². The van der Waals surface area contributed by atoms with Gasteiger partial charge in [0, 0.05) is 29.1 Å². The first-order valence-corrected chi connectivity index (χ1v) is 7.09. The highest BCUT2D eigenvalue weighted by Crippen LogP contribution is 2.36. The fourth-order valence-corrected chi connectivity index (χ4v) is 2.58. The van der Waals surface area contributed by atoms with E-state index in [9.17, 15) is 18.7 Å². The molecular weight excluding hydrogens is 326 g/mol. The van der Waals surface area contributed by atoms with Crippen molar-refractivity contribution in [3.63, 3.8) is 0 Å². The smallest absolute Gasteiger partial charge is 0.306 e. The van der Waals surface area contributed by atoms with Gasteiger partial charge in [0.1, 0.15) is 12.4 Å². The molecule has 0 unspecified atom stereocenters. The highest BCUT2D eigenvalue weighted by molar-refractivity contribution is 5.86. The van der Waals surface area contributed by atoms with Gasteiger partial charge < -0.3 is 10.2 Å². The van der Waals surface area contributed by atoms with Crippen molar-refractivity contribution in [2.75, 3.05) is 0 Å². The number of halogens is 2. The number of aliphatic carboxylic acids is 1. The Kier molecular flexibility index (Phi) is 5.58. The highest BCUT2D eigenvalue weighted by atomic mass is 19.3. The van der Waals surface area contributed by atoms with Crippen LogP contribution in [0.4, 0.5) is 8.78 Å². The molecule has 130 valence electrons. The number of nitrogens with zero attached hydrogens (tertiary/aromatic N) is 2. The van der Waals surface area contributed by atoms with Crippen molar-refractivity contribution >= 4 is 12.2 Å². The first-order valence-electron chi connectivity index (χ1n) is 7.09. The molecule has 0 spiro atoms. The SMILES string of the molecule is Cc1ncc(COO)c(/C=N/[C@H]2C[C@@H](C(=O)O)CC2=C(F)F)c1O. The second-order valence-electron chi connectivity index (χ2n) is 5.46. The number of rotatable bonds is 5. The minimum absolute atomic E-state index is 0.0465. The monoisotopic (exact) mass is 342 g/mol. The van der Waals surface area contributed by atoms with Gasteiger partial charge in [-0.1, -0.05) is 0 Å². The summed E-state index contributed by atoms with van der Waals surface area (Å²) in [5, 5.41) is 27.6. The summed E-state index contributed by atoms with van der Waals surface area (Å²) in [6.45, 7) is 1.27. The molecule has 0 amide bonds. The molecule has 1 aliphatic rings. The molecule has 2 atom stereocenters. The average molecular weight is 342 g/mol. The van der Waals surface area contributed by atoms with E-state index in [2.05, 4.69) is 14.9 Å². The Bertz CT molecular complexity index is 701. The van der Waals surface area contributed by atoms with Crippen molar-refractivity contribution in [3.8, 4) is 5.75 Å². The first kappa shape index (κ1) is 18.0. The van der Waals surface area contributed by atoms with Gasteiger partial charge in [0.15, 0.2) is 0 Å². The highest BCUT2D eigenvalue weighted by Gasteiger charge is 2.36. The van der Waals surface area contributed by atoms with Crippen molar-refractivity contribution in [2.45, 2.75) is 32.4 Å². The summed E-state index contributed by atoms with van der Waals surface area (Å²) in [4.78, 5) is 23.0. The van der Waals surface area contributed by atoms with Gasteiger partial charge in [-0.2, -0.15) is 8.78 Å². The van der Waals surface area contributed by atoms with E-state index in [1.165, 1.54) is 12.4 Å². The van der Waals surface area contributed by atoms with E-state index in [1.54, 1.807) is 6.92 Å². The third kappa shape index (κ3) is 3.74. The maximum Gasteiger partial charge on any atom is 0.306 e. The summed E-state index contributed by atoms with van der Waals surface area (Å²) < 4.78 is 26.0. The third-order valence-electron chi connectivity index (χ3n) is 3.93. The Morgan fingerprint density at radius 2 is 2.25 bits per heavy atom. The number of carboxylic acid groups (broad SMARTS) is 1. The first-order chi connectivity index (χ1) is 11.3. The van der Waals surface area contributed by atoms with Gasteiger partial charge in [0.05, 0.1) is 17.7 Å².